The van der Waals surface area contributed by atoms with E-state index in [1.165, 1.54) is 0 Å². The minimum atomic E-state index is -5.05. The molecule has 0 saturated carbocycles. The molecule has 0 amide bonds. The molecular formula is H5KO9P2. The molecule has 12 heteroatoms. The summed E-state index contributed by atoms with van der Waals surface area (Å²) in [6.07, 6.45) is 0. The Morgan fingerprint density at radius 1 is 0.917 bits per heavy atom. The quantitative estimate of drug-likeness (QED) is 0.139. The van der Waals surface area contributed by atoms with Crippen LogP contribution in [0.3, 0.4) is 0 Å². The second-order valence-electron chi connectivity index (χ2n) is 1.06. The fourth-order valence-electron chi connectivity index (χ4n) is 0.139. The van der Waals surface area contributed by atoms with Crippen LogP contribution < -0.4 is 56.6 Å². The van der Waals surface area contributed by atoms with Crippen LogP contribution in [0.25, 0.3) is 0 Å². The standard InChI is InChI=1S/K.H4O7P2.H2O2/c;1-8(2,3)7-9(4,5)6;1-2/h;(H2,1,2,3)(H2,4,5,6);1-2H/q+1;;/p-1. The molecule has 0 atom stereocenters. The maximum Gasteiger partial charge on any atom is 1.00 e. The normalized spacial score (nSPS) is 10.8. The molecule has 0 spiro atoms. The van der Waals surface area contributed by atoms with Gasteiger partial charge in [0.05, 0.1) is 0 Å². The molecule has 12 heavy (non-hydrogen) atoms. The molecule has 70 valence electrons. The molecule has 0 aromatic heterocycles. The summed E-state index contributed by atoms with van der Waals surface area (Å²) in [5.74, 6) is 0. The molecule has 0 rings (SSSR count). The van der Waals surface area contributed by atoms with Gasteiger partial charge in [-0.2, -0.15) is 4.31 Å². The molecule has 0 aromatic carbocycles. The second-order valence-corrected chi connectivity index (χ2v) is 3.68. The third kappa shape index (κ3) is 22.6. The van der Waals surface area contributed by atoms with Crippen molar-refractivity contribution in [1.29, 1.82) is 0 Å². The van der Waals surface area contributed by atoms with Crippen LogP contribution in [0.1, 0.15) is 0 Å². The zero-order chi connectivity index (χ0) is 9.71. The van der Waals surface area contributed by atoms with Gasteiger partial charge in [-0.15, -0.1) is 0 Å². The first-order valence-electron chi connectivity index (χ1n) is 1.71. The van der Waals surface area contributed by atoms with E-state index in [4.69, 9.17) is 30.1 Å². The van der Waals surface area contributed by atoms with Gasteiger partial charge in [-0.05, 0) is 0 Å². The van der Waals surface area contributed by atoms with Crippen molar-refractivity contribution in [2.75, 3.05) is 0 Å². The van der Waals surface area contributed by atoms with E-state index in [1.54, 1.807) is 0 Å². The molecule has 0 unspecified atom stereocenters. The zero-order valence-electron chi connectivity index (χ0n) is 5.76. The molecule has 0 aliphatic carbocycles. The predicted octanol–water partition coefficient (Wildman–Crippen LogP) is -4.99. The molecule has 0 aliphatic heterocycles. The number of hydrogen-bond acceptors (Lipinski definition) is 5. The Hall–Kier alpha value is 1.82. The van der Waals surface area contributed by atoms with Crippen molar-refractivity contribution in [3.63, 3.8) is 0 Å². The van der Waals surface area contributed by atoms with Crippen LogP contribution in [-0.2, 0) is 13.4 Å². The van der Waals surface area contributed by atoms with Crippen molar-refractivity contribution in [3.05, 3.63) is 0 Å². The maximum absolute atomic E-state index is 9.63. The van der Waals surface area contributed by atoms with Crippen LogP contribution in [0.2, 0.25) is 0 Å². The van der Waals surface area contributed by atoms with E-state index in [9.17, 15) is 9.13 Å². The van der Waals surface area contributed by atoms with Crippen LogP contribution in [0.15, 0.2) is 0 Å². The van der Waals surface area contributed by atoms with Gasteiger partial charge < -0.3 is 30.1 Å². The number of phosphoric acid groups is 2. The summed E-state index contributed by atoms with van der Waals surface area (Å²) < 4.78 is 22.2. The van der Waals surface area contributed by atoms with E-state index >= 15 is 0 Å². The second kappa shape index (κ2) is 8.15. The van der Waals surface area contributed by atoms with E-state index in [2.05, 4.69) is 4.31 Å². The smallest absolute Gasteiger partial charge is 0.727 e. The van der Waals surface area contributed by atoms with Gasteiger partial charge in [0.1, 0.15) is 0 Å². The van der Waals surface area contributed by atoms with Crippen LogP contribution in [0, 0.1) is 0 Å². The summed E-state index contributed by atoms with van der Waals surface area (Å²) in [7, 11) is -10.1. The molecule has 5 N–H and O–H groups in total. The van der Waals surface area contributed by atoms with Gasteiger partial charge in [-0.25, -0.2) is 9.13 Å². The van der Waals surface area contributed by atoms with Crippen molar-refractivity contribution in [1.82, 2.24) is 0 Å². The molecule has 0 radical (unpaired) electrons. The van der Waals surface area contributed by atoms with Crippen molar-refractivity contribution >= 4 is 15.6 Å². The Kier molecular flexibility index (Phi) is 13.2. The van der Waals surface area contributed by atoms with Gasteiger partial charge in [0.15, 0.2) is 0 Å². The Morgan fingerprint density at radius 2 is 1.08 bits per heavy atom. The number of rotatable bonds is 2. The minimum absolute atomic E-state index is 0. The monoisotopic (exact) mass is 250 g/mol. The number of hydrogen-bond donors (Lipinski definition) is 5. The van der Waals surface area contributed by atoms with Gasteiger partial charge in [-0.3, -0.25) is 0 Å². The first-order valence-corrected chi connectivity index (χ1v) is 4.77. The molecular weight excluding hydrogens is 245 g/mol. The Bertz CT molecular complexity index is 153. The summed E-state index contributed by atoms with van der Waals surface area (Å²) in [6.45, 7) is 0. The third-order valence-electron chi connectivity index (χ3n) is 0.213. The van der Waals surface area contributed by atoms with Crippen molar-refractivity contribution in [2.24, 2.45) is 0 Å². The van der Waals surface area contributed by atoms with Gasteiger partial charge in [-0.1, -0.05) is 0 Å². The Labute approximate surface area is 109 Å². The average molecular weight is 250 g/mol. The summed E-state index contributed by atoms with van der Waals surface area (Å²) >= 11 is 0. The molecule has 0 aliphatic rings. The molecule has 0 bridgehead atoms. The van der Waals surface area contributed by atoms with E-state index < -0.39 is 15.6 Å². The molecule has 0 saturated heterocycles. The third-order valence-corrected chi connectivity index (χ3v) is 1.91. The summed E-state index contributed by atoms with van der Waals surface area (Å²) in [4.78, 5) is 31.0. The molecule has 0 aromatic rings. The average Bonchev–Trinajstić information content (AvgIpc) is 1.60. The molecule has 0 heterocycles. The SMILES string of the molecule is O=P(O)(O)OP(=O)(O)O.[K+].[O-]O. The molecule has 9 nitrogen and oxygen atoms in total. The summed E-state index contributed by atoms with van der Waals surface area (Å²) in [5, 5.41) is 13.0. The Morgan fingerprint density at radius 3 is 1.08 bits per heavy atom. The Balaban J connectivity index is -0.000000249. The van der Waals surface area contributed by atoms with Crippen molar-refractivity contribution < 1.29 is 94.9 Å². The van der Waals surface area contributed by atoms with E-state index in [-0.39, 0.29) is 51.4 Å². The first kappa shape index (κ1) is 19.4. The van der Waals surface area contributed by atoms with Gasteiger partial charge in [0, 0.05) is 0 Å². The zero-order valence-corrected chi connectivity index (χ0v) is 10.7. The minimum Gasteiger partial charge on any atom is -0.727 e. The van der Waals surface area contributed by atoms with Crippen LogP contribution in [0.5, 0.6) is 0 Å². The van der Waals surface area contributed by atoms with Crippen LogP contribution in [-0.4, -0.2) is 24.8 Å². The van der Waals surface area contributed by atoms with E-state index in [0.717, 1.165) is 0 Å². The topological polar surface area (TPSA) is 168 Å². The summed E-state index contributed by atoms with van der Waals surface area (Å²) in [6, 6.07) is 0. The molecule has 0 fully saturated rings. The van der Waals surface area contributed by atoms with Gasteiger partial charge >= 0.3 is 67.0 Å². The van der Waals surface area contributed by atoms with Gasteiger partial charge in [0.2, 0.25) is 0 Å². The summed E-state index contributed by atoms with van der Waals surface area (Å²) in [5.41, 5.74) is 0. The van der Waals surface area contributed by atoms with Crippen molar-refractivity contribution in [2.45, 2.75) is 0 Å². The van der Waals surface area contributed by atoms with E-state index in [0.29, 0.717) is 0 Å². The fraction of sp³-hybridized carbons (Fsp3) is 0. The fourth-order valence-corrected chi connectivity index (χ4v) is 1.25. The van der Waals surface area contributed by atoms with Crippen LogP contribution in [0.4, 0.5) is 0 Å². The van der Waals surface area contributed by atoms with Crippen LogP contribution >= 0.6 is 15.6 Å². The largest absolute Gasteiger partial charge is 1.00 e. The first-order chi connectivity index (χ1) is 4.71. The van der Waals surface area contributed by atoms with Crippen molar-refractivity contribution in [3.8, 4) is 0 Å². The van der Waals surface area contributed by atoms with Gasteiger partial charge in [0.25, 0.3) is 0 Å². The van der Waals surface area contributed by atoms with E-state index in [1.807, 2.05) is 0 Å². The maximum atomic E-state index is 9.63. The predicted molar refractivity (Wildman–Crippen MR) is 27.8 cm³/mol.